The maximum atomic E-state index is 5.68. The molecule has 0 amide bonds. The van der Waals surface area contributed by atoms with Crippen LogP contribution in [0, 0.1) is 11.3 Å². The van der Waals surface area contributed by atoms with Crippen molar-refractivity contribution in [3.63, 3.8) is 0 Å². The lowest BCUT2D eigenvalue weighted by atomic mass is 9.97. The Balaban J connectivity index is 2.27. The highest BCUT2D eigenvalue weighted by atomic mass is 16.5. The lowest BCUT2D eigenvalue weighted by molar-refractivity contribution is 0.377. The van der Waals surface area contributed by atoms with E-state index in [9.17, 15) is 0 Å². The molecule has 3 N–H and O–H groups in total. The predicted molar refractivity (Wildman–Crippen MR) is 64.9 cm³/mol. The number of para-hydroxylation sites is 1. The topological polar surface area (TPSA) is 47.3 Å². The standard InChI is InChI=1S/C13H20N2O/c1-13(2)8-10(13)12(15-14)9-6-4-5-7-11(9)16-3/h4-7,10,12,15H,8,14H2,1-3H3. The van der Waals surface area contributed by atoms with Gasteiger partial charge in [0.25, 0.3) is 0 Å². The maximum Gasteiger partial charge on any atom is 0.123 e. The Labute approximate surface area is 97.0 Å². The molecule has 1 aromatic rings. The molecule has 1 aliphatic carbocycles. The fourth-order valence-electron chi connectivity index (χ4n) is 2.42. The van der Waals surface area contributed by atoms with Gasteiger partial charge in [-0.05, 0) is 23.8 Å². The highest BCUT2D eigenvalue weighted by molar-refractivity contribution is 5.37. The number of hydrogen-bond acceptors (Lipinski definition) is 3. The number of ether oxygens (including phenoxy) is 1. The summed E-state index contributed by atoms with van der Waals surface area (Å²) in [5.74, 6) is 7.19. The third-order valence-electron chi connectivity index (χ3n) is 3.65. The average molecular weight is 220 g/mol. The third kappa shape index (κ3) is 1.93. The first-order valence-electron chi connectivity index (χ1n) is 5.69. The Morgan fingerprint density at radius 3 is 2.56 bits per heavy atom. The van der Waals surface area contributed by atoms with E-state index < -0.39 is 0 Å². The molecule has 0 heterocycles. The normalized spacial score (nSPS) is 23.9. The van der Waals surface area contributed by atoms with Crippen molar-refractivity contribution < 1.29 is 4.74 Å². The molecule has 1 fully saturated rings. The van der Waals surface area contributed by atoms with E-state index in [-0.39, 0.29) is 6.04 Å². The van der Waals surface area contributed by atoms with Gasteiger partial charge in [0.1, 0.15) is 5.75 Å². The molecule has 2 unspecified atom stereocenters. The zero-order chi connectivity index (χ0) is 11.8. The molecular formula is C13H20N2O. The molecule has 0 radical (unpaired) electrons. The summed E-state index contributed by atoms with van der Waals surface area (Å²) in [7, 11) is 1.70. The van der Waals surface area contributed by atoms with E-state index in [0.717, 1.165) is 11.3 Å². The molecule has 1 aliphatic rings. The molecule has 0 aliphatic heterocycles. The van der Waals surface area contributed by atoms with E-state index in [2.05, 4.69) is 25.3 Å². The van der Waals surface area contributed by atoms with Crippen molar-refractivity contribution >= 4 is 0 Å². The molecule has 0 saturated heterocycles. The minimum Gasteiger partial charge on any atom is -0.496 e. The molecule has 3 nitrogen and oxygen atoms in total. The summed E-state index contributed by atoms with van der Waals surface area (Å²) in [5, 5.41) is 0. The molecule has 0 bridgehead atoms. The lowest BCUT2D eigenvalue weighted by Gasteiger charge is -2.20. The summed E-state index contributed by atoms with van der Waals surface area (Å²) < 4.78 is 5.38. The average Bonchev–Trinajstić information content (AvgIpc) is 2.89. The molecule has 2 rings (SSSR count). The van der Waals surface area contributed by atoms with Crippen molar-refractivity contribution in [2.75, 3.05) is 7.11 Å². The predicted octanol–water partition coefficient (Wildman–Crippen LogP) is 2.25. The molecule has 3 heteroatoms. The molecule has 0 aromatic heterocycles. The van der Waals surface area contributed by atoms with Crippen LogP contribution in [0.5, 0.6) is 5.75 Å². The van der Waals surface area contributed by atoms with Gasteiger partial charge in [-0.25, -0.2) is 0 Å². The van der Waals surface area contributed by atoms with Crippen LogP contribution in [0.3, 0.4) is 0 Å². The van der Waals surface area contributed by atoms with Crippen molar-refractivity contribution in [3.05, 3.63) is 29.8 Å². The van der Waals surface area contributed by atoms with Gasteiger partial charge < -0.3 is 4.74 Å². The number of nitrogens with two attached hydrogens (primary N) is 1. The monoisotopic (exact) mass is 220 g/mol. The van der Waals surface area contributed by atoms with E-state index in [1.807, 2.05) is 18.2 Å². The number of nitrogens with one attached hydrogen (secondary N) is 1. The second-order valence-corrected chi connectivity index (χ2v) is 5.19. The van der Waals surface area contributed by atoms with Gasteiger partial charge in [0.2, 0.25) is 0 Å². The summed E-state index contributed by atoms with van der Waals surface area (Å²) in [6.07, 6.45) is 1.21. The van der Waals surface area contributed by atoms with E-state index in [4.69, 9.17) is 10.6 Å². The van der Waals surface area contributed by atoms with Crippen molar-refractivity contribution in [3.8, 4) is 5.75 Å². The Hall–Kier alpha value is -1.06. The fourth-order valence-corrected chi connectivity index (χ4v) is 2.42. The van der Waals surface area contributed by atoms with Gasteiger partial charge in [-0.3, -0.25) is 11.3 Å². The van der Waals surface area contributed by atoms with E-state index in [0.29, 0.717) is 11.3 Å². The van der Waals surface area contributed by atoms with Crippen LogP contribution in [0.1, 0.15) is 31.9 Å². The van der Waals surface area contributed by atoms with Gasteiger partial charge in [-0.1, -0.05) is 32.0 Å². The number of hydrazine groups is 1. The molecule has 0 spiro atoms. The quantitative estimate of drug-likeness (QED) is 0.604. The van der Waals surface area contributed by atoms with Crippen LogP contribution in [-0.4, -0.2) is 7.11 Å². The SMILES string of the molecule is COc1ccccc1C(NN)C1CC1(C)C. The highest BCUT2D eigenvalue weighted by Gasteiger charge is 2.50. The second kappa shape index (κ2) is 4.07. The minimum absolute atomic E-state index is 0.186. The molecular weight excluding hydrogens is 200 g/mol. The summed E-state index contributed by atoms with van der Waals surface area (Å²) >= 11 is 0. The smallest absolute Gasteiger partial charge is 0.123 e. The Morgan fingerprint density at radius 2 is 2.06 bits per heavy atom. The number of hydrogen-bond donors (Lipinski definition) is 2. The first-order chi connectivity index (χ1) is 7.60. The maximum absolute atomic E-state index is 5.68. The van der Waals surface area contributed by atoms with E-state index in [1.165, 1.54) is 6.42 Å². The van der Waals surface area contributed by atoms with Crippen LogP contribution in [0.25, 0.3) is 0 Å². The van der Waals surface area contributed by atoms with Gasteiger partial charge in [0.15, 0.2) is 0 Å². The number of benzene rings is 1. The Morgan fingerprint density at radius 1 is 1.44 bits per heavy atom. The molecule has 88 valence electrons. The van der Waals surface area contributed by atoms with Gasteiger partial charge in [-0.15, -0.1) is 0 Å². The van der Waals surface area contributed by atoms with Crippen molar-refractivity contribution in [1.82, 2.24) is 5.43 Å². The molecule has 16 heavy (non-hydrogen) atoms. The van der Waals surface area contributed by atoms with Crippen LogP contribution in [0.15, 0.2) is 24.3 Å². The zero-order valence-electron chi connectivity index (χ0n) is 10.2. The van der Waals surface area contributed by atoms with Crippen molar-refractivity contribution in [2.24, 2.45) is 17.2 Å². The van der Waals surface area contributed by atoms with Crippen LogP contribution in [0.4, 0.5) is 0 Å². The number of methoxy groups -OCH3 is 1. The molecule has 1 saturated carbocycles. The van der Waals surface area contributed by atoms with E-state index in [1.54, 1.807) is 7.11 Å². The highest BCUT2D eigenvalue weighted by Crippen LogP contribution is 2.58. The lowest BCUT2D eigenvalue weighted by Crippen LogP contribution is -2.31. The van der Waals surface area contributed by atoms with Crippen molar-refractivity contribution in [1.29, 1.82) is 0 Å². The van der Waals surface area contributed by atoms with Gasteiger partial charge in [-0.2, -0.15) is 0 Å². The first kappa shape index (κ1) is 11.4. The summed E-state index contributed by atoms with van der Waals surface area (Å²) in [6.45, 7) is 4.55. The number of rotatable bonds is 4. The summed E-state index contributed by atoms with van der Waals surface area (Å²) in [5.41, 5.74) is 4.47. The van der Waals surface area contributed by atoms with Crippen LogP contribution in [0.2, 0.25) is 0 Å². The molecule has 1 aromatic carbocycles. The Bertz CT molecular complexity index is 376. The summed E-state index contributed by atoms with van der Waals surface area (Å²) in [4.78, 5) is 0. The van der Waals surface area contributed by atoms with Gasteiger partial charge in [0.05, 0.1) is 13.2 Å². The van der Waals surface area contributed by atoms with Gasteiger partial charge in [0, 0.05) is 5.56 Å². The van der Waals surface area contributed by atoms with Crippen molar-refractivity contribution in [2.45, 2.75) is 26.3 Å². The largest absolute Gasteiger partial charge is 0.496 e. The zero-order valence-corrected chi connectivity index (χ0v) is 10.2. The van der Waals surface area contributed by atoms with E-state index >= 15 is 0 Å². The van der Waals surface area contributed by atoms with Crippen LogP contribution < -0.4 is 16.0 Å². The third-order valence-corrected chi connectivity index (χ3v) is 3.65. The van der Waals surface area contributed by atoms with Gasteiger partial charge >= 0.3 is 0 Å². The second-order valence-electron chi connectivity index (χ2n) is 5.19. The first-order valence-corrected chi connectivity index (χ1v) is 5.69. The minimum atomic E-state index is 0.186. The fraction of sp³-hybridized carbons (Fsp3) is 0.538. The van der Waals surface area contributed by atoms with Crippen LogP contribution >= 0.6 is 0 Å². The van der Waals surface area contributed by atoms with Crippen LogP contribution in [-0.2, 0) is 0 Å². The Kier molecular flexibility index (Phi) is 2.91. The summed E-state index contributed by atoms with van der Waals surface area (Å²) in [6, 6.07) is 8.25. The molecule has 2 atom stereocenters.